The number of methoxy groups -OCH3 is 1. The molecule has 0 unspecified atom stereocenters. The second-order valence-corrected chi connectivity index (χ2v) is 6.18. The number of ether oxygens (including phenoxy) is 1. The summed E-state index contributed by atoms with van der Waals surface area (Å²) >= 11 is 0. The molecule has 3 aromatic rings. The van der Waals surface area contributed by atoms with Crippen molar-refractivity contribution in [3.8, 4) is 23.1 Å². The summed E-state index contributed by atoms with van der Waals surface area (Å²) in [5.74, 6) is 0.0273. The third kappa shape index (κ3) is 3.86. The molecule has 0 saturated heterocycles. The van der Waals surface area contributed by atoms with E-state index < -0.39 is 5.56 Å². The molecular formula is C18H19N5O4. The van der Waals surface area contributed by atoms with Crippen LogP contribution in [0.4, 0.5) is 0 Å². The van der Waals surface area contributed by atoms with Crippen molar-refractivity contribution < 1.29 is 14.6 Å². The van der Waals surface area contributed by atoms with Crippen molar-refractivity contribution in [2.75, 3.05) is 7.11 Å². The minimum Gasteiger partial charge on any atom is -0.506 e. The van der Waals surface area contributed by atoms with Gasteiger partial charge in [0.15, 0.2) is 11.5 Å². The Morgan fingerprint density at radius 2 is 2.11 bits per heavy atom. The predicted molar refractivity (Wildman–Crippen MR) is 98.5 cm³/mol. The van der Waals surface area contributed by atoms with E-state index in [0.29, 0.717) is 11.6 Å². The summed E-state index contributed by atoms with van der Waals surface area (Å²) < 4.78 is 6.34. The number of aromatic hydroxyl groups is 1. The van der Waals surface area contributed by atoms with E-state index in [1.165, 1.54) is 23.9 Å². The van der Waals surface area contributed by atoms with Gasteiger partial charge in [-0.15, -0.1) is 0 Å². The van der Waals surface area contributed by atoms with Crippen LogP contribution in [0.2, 0.25) is 0 Å². The normalized spacial score (nSPS) is 11.0. The Kier molecular flexibility index (Phi) is 5.02. The number of pyridine rings is 2. The van der Waals surface area contributed by atoms with Crippen LogP contribution >= 0.6 is 0 Å². The maximum Gasteiger partial charge on any atom is 0.263 e. The summed E-state index contributed by atoms with van der Waals surface area (Å²) in [5, 5.41) is 12.5. The lowest BCUT2D eigenvalue weighted by molar-refractivity contribution is -0.122. The monoisotopic (exact) mass is 369 g/mol. The zero-order valence-electron chi connectivity index (χ0n) is 15.1. The molecule has 0 aliphatic heterocycles. The second-order valence-electron chi connectivity index (χ2n) is 6.18. The molecule has 9 heteroatoms. The zero-order chi connectivity index (χ0) is 19.6. The van der Waals surface area contributed by atoms with Crippen molar-refractivity contribution in [1.29, 1.82) is 0 Å². The molecular weight excluding hydrogens is 350 g/mol. The average Bonchev–Trinajstić information content (AvgIpc) is 2.63. The summed E-state index contributed by atoms with van der Waals surface area (Å²) in [7, 11) is 1.48. The van der Waals surface area contributed by atoms with Gasteiger partial charge < -0.3 is 15.2 Å². The van der Waals surface area contributed by atoms with Crippen molar-refractivity contribution in [3.63, 3.8) is 0 Å². The van der Waals surface area contributed by atoms with Gasteiger partial charge in [0.2, 0.25) is 11.8 Å². The number of nitrogens with zero attached hydrogens (tertiary/aromatic N) is 4. The van der Waals surface area contributed by atoms with E-state index in [4.69, 9.17) is 4.74 Å². The van der Waals surface area contributed by atoms with Crippen LogP contribution in [0.1, 0.15) is 13.8 Å². The van der Waals surface area contributed by atoms with Crippen LogP contribution in [-0.4, -0.2) is 43.7 Å². The van der Waals surface area contributed by atoms with Crippen LogP contribution < -0.4 is 15.6 Å². The number of amides is 1. The first-order valence-electron chi connectivity index (χ1n) is 8.29. The van der Waals surface area contributed by atoms with Crippen LogP contribution in [0.25, 0.3) is 22.6 Å². The molecule has 0 atom stereocenters. The van der Waals surface area contributed by atoms with E-state index >= 15 is 0 Å². The van der Waals surface area contributed by atoms with Gasteiger partial charge in [-0.25, -0.2) is 15.0 Å². The quantitative estimate of drug-likeness (QED) is 0.691. The Hall–Kier alpha value is -3.49. The van der Waals surface area contributed by atoms with Crippen molar-refractivity contribution in [2.24, 2.45) is 0 Å². The summed E-state index contributed by atoms with van der Waals surface area (Å²) in [6, 6.07) is 6.23. The highest BCUT2D eigenvalue weighted by atomic mass is 16.5. The first-order chi connectivity index (χ1) is 12.9. The van der Waals surface area contributed by atoms with Crippen molar-refractivity contribution >= 4 is 16.9 Å². The van der Waals surface area contributed by atoms with E-state index in [-0.39, 0.29) is 41.1 Å². The van der Waals surface area contributed by atoms with Crippen LogP contribution in [0.3, 0.4) is 0 Å². The number of fused-ring (bicyclic) bond motifs is 1. The number of aromatic nitrogens is 4. The van der Waals surface area contributed by atoms with Crippen LogP contribution in [0.5, 0.6) is 11.6 Å². The first kappa shape index (κ1) is 18.3. The molecule has 140 valence electrons. The van der Waals surface area contributed by atoms with Gasteiger partial charge in [-0.3, -0.25) is 14.2 Å². The number of rotatable bonds is 5. The van der Waals surface area contributed by atoms with Gasteiger partial charge in [0.05, 0.1) is 18.7 Å². The minimum absolute atomic E-state index is 0.0780. The summed E-state index contributed by atoms with van der Waals surface area (Å²) in [5.41, 5.74) is 0.0143. The molecule has 9 nitrogen and oxygen atoms in total. The molecule has 27 heavy (non-hydrogen) atoms. The lowest BCUT2D eigenvalue weighted by atomic mass is 10.2. The number of nitrogens with one attached hydrogen (secondary N) is 1. The third-order valence-corrected chi connectivity index (χ3v) is 3.71. The Morgan fingerprint density at radius 3 is 2.81 bits per heavy atom. The van der Waals surface area contributed by atoms with Crippen LogP contribution in [0.15, 0.2) is 35.3 Å². The standard InChI is InChI=1S/C18H19N5O4/c1-10(2)20-14(25)9-23-17(13-5-4-6-15(21-13)27-3)22-16-12(18(23)26)7-11(24)8-19-16/h4-8,10,24H,9H2,1-3H3,(H,20,25). The van der Waals surface area contributed by atoms with Gasteiger partial charge in [0.1, 0.15) is 18.0 Å². The van der Waals surface area contributed by atoms with Crippen molar-refractivity contribution in [3.05, 3.63) is 40.8 Å². The molecule has 1 amide bonds. The molecule has 0 bridgehead atoms. The molecule has 0 aliphatic rings. The molecule has 0 aliphatic carbocycles. The molecule has 3 aromatic heterocycles. The van der Waals surface area contributed by atoms with E-state index in [2.05, 4.69) is 20.3 Å². The van der Waals surface area contributed by atoms with Gasteiger partial charge in [0, 0.05) is 12.1 Å². The highest BCUT2D eigenvalue weighted by molar-refractivity contribution is 5.80. The van der Waals surface area contributed by atoms with Gasteiger partial charge in [-0.05, 0) is 26.0 Å². The van der Waals surface area contributed by atoms with E-state index in [1.807, 2.05) is 13.8 Å². The summed E-state index contributed by atoms with van der Waals surface area (Å²) in [6.45, 7) is 3.40. The Morgan fingerprint density at radius 1 is 1.33 bits per heavy atom. The predicted octanol–water partition coefficient (Wildman–Crippen LogP) is 1.09. The molecule has 2 N–H and O–H groups in total. The van der Waals surface area contributed by atoms with Crippen LogP contribution in [-0.2, 0) is 11.3 Å². The van der Waals surface area contributed by atoms with Crippen LogP contribution in [0, 0.1) is 0 Å². The lowest BCUT2D eigenvalue weighted by Crippen LogP contribution is -2.37. The molecule has 0 spiro atoms. The second kappa shape index (κ2) is 7.40. The van der Waals surface area contributed by atoms with Gasteiger partial charge in [-0.2, -0.15) is 0 Å². The smallest absolute Gasteiger partial charge is 0.263 e. The fourth-order valence-electron chi connectivity index (χ4n) is 2.60. The van der Waals surface area contributed by atoms with Gasteiger partial charge >= 0.3 is 0 Å². The topological polar surface area (TPSA) is 119 Å². The highest BCUT2D eigenvalue weighted by Crippen LogP contribution is 2.20. The zero-order valence-corrected chi connectivity index (χ0v) is 15.1. The van der Waals surface area contributed by atoms with E-state index in [1.54, 1.807) is 18.2 Å². The average molecular weight is 369 g/mol. The summed E-state index contributed by atoms with van der Waals surface area (Å²) in [6.07, 6.45) is 1.20. The largest absolute Gasteiger partial charge is 0.506 e. The Balaban J connectivity index is 2.23. The fraction of sp³-hybridized carbons (Fsp3) is 0.278. The first-order valence-corrected chi connectivity index (χ1v) is 8.29. The molecule has 0 aromatic carbocycles. The lowest BCUT2D eigenvalue weighted by Gasteiger charge is -2.14. The number of hydrogen-bond acceptors (Lipinski definition) is 7. The van der Waals surface area contributed by atoms with E-state index in [0.717, 1.165) is 0 Å². The maximum atomic E-state index is 13.0. The Labute approximate surface area is 154 Å². The SMILES string of the molecule is COc1cccc(-c2nc3ncc(O)cc3c(=O)n2CC(=O)NC(C)C)n1. The number of carbonyl (C=O) groups is 1. The minimum atomic E-state index is -0.498. The highest BCUT2D eigenvalue weighted by Gasteiger charge is 2.18. The van der Waals surface area contributed by atoms with E-state index in [9.17, 15) is 14.7 Å². The molecule has 0 saturated carbocycles. The molecule has 3 rings (SSSR count). The third-order valence-electron chi connectivity index (χ3n) is 3.71. The molecule has 0 radical (unpaired) electrons. The van der Waals surface area contributed by atoms with Gasteiger partial charge in [-0.1, -0.05) is 6.07 Å². The molecule has 0 fully saturated rings. The fourth-order valence-corrected chi connectivity index (χ4v) is 2.60. The molecule has 3 heterocycles. The van der Waals surface area contributed by atoms with Crippen molar-refractivity contribution in [2.45, 2.75) is 26.4 Å². The van der Waals surface area contributed by atoms with Gasteiger partial charge in [0.25, 0.3) is 5.56 Å². The maximum absolute atomic E-state index is 13.0. The summed E-state index contributed by atoms with van der Waals surface area (Å²) in [4.78, 5) is 38.0. The van der Waals surface area contributed by atoms with Crippen molar-refractivity contribution in [1.82, 2.24) is 24.8 Å². The Bertz CT molecular complexity index is 1060. The number of carbonyl (C=O) groups excluding carboxylic acids is 1. The number of hydrogen-bond donors (Lipinski definition) is 2.